The van der Waals surface area contributed by atoms with Crippen molar-refractivity contribution < 1.29 is 14.6 Å². The van der Waals surface area contributed by atoms with Gasteiger partial charge in [0.2, 0.25) is 0 Å². The highest BCUT2D eigenvalue weighted by molar-refractivity contribution is 5.86. The van der Waals surface area contributed by atoms with Gasteiger partial charge in [0, 0.05) is 53.9 Å². The summed E-state index contributed by atoms with van der Waals surface area (Å²) in [5, 5.41) is 20.0. The molecule has 2 aliphatic rings. The number of aromatic nitrogens is 2. The molecule has 2 fully saturated rings. The number of nitrogens with zero attached hydrogens (tertiary/aromatic N) is 4. The quantitative estimate of drug-likeness (QED) is 0.357. The number of carbonyl (C=O) groups excluding carboxylic acids is 1. The number of phenolic OH excluding ortho intramolecular Hbond substituents is 1. The number of rotatable bonds is 6. The van der Waals surface area contributed by atoms with E-state index >= 15 is 0 Å². The fourth-order valence-electron chi connectivity index (χ4n) is 5.97. The maximum absolute atomic E-state index is 12.4. The summed E-state index contributed by atoms with van der Waals surface area (Å²) in [7, 11) is 1.46. The summed E-state index contributed by atoms with van der Waals surface area (Å²) < 4.78 is 5.06. The van der Waals surface area contributed by atoms with Crippen molar-refractivity contribution in [1.29, 1.82) is 0 Å². The molecule has 194 valence electrons. The molecule has 0 saturated carbocycles. The van der Waals surface area contributed by atoms with E-state index in [1.54, 1.807) is 12.1 Å². The molecule has 3 aromatic carbocycles. The molecule has 4 aromatic rings. The van der Waals surface area contributed by atoms with E-state index in [0.717, 1.165) is 48.3 Å². The Kier molecular flexibility index (Phi) is 5.94. The van der Waals surface area contributed by atoms with Gasteiger partial charge < -0.3 is 19.6 Å². The third-order valence-electron chi connectivity index (χ3n) is 7.94. The van der Waals surface area contributed by atoms with E-state index in [1.165, 1.54) is 12.8 Å². The number of para-hydroxylation sites is 1. The first-order valence-corrected chi connectivity index (χ1v) is 13.1. The smallest absolute Gasteiger partial charge is 0.313 e. The minimum Gasteiger partial charge on any atom is -0.507 e. The van der Waals surface area contributed by atoms with Gasteiger partial charge in [0.25, 0.3) is 0 Å². The number of phenols is 1. The highest BCUT2D eigenvalue weighted by Crippen LogP contribution is 2.44. The van der Waals surface area contributed by atoms with Gasteiger partial charge in [0.15, 0.2) is 0 Å². The second-order valence-corrected chi connectivity index (χ2v) is 11.0. The number of fused-ring (bicyclic) bond motifs is 1. The maximum atomic E-state index is 12.4. The zero-order chi connectivity index (χ0) is 26.4. The van der Waals surface area contributed by atoms with Crippen molar-refractivity contribution in [1.82, 2.24) is 10.2 Å². The summed E-state index contributed by atoms with van der Waals surface area (Å²) >= 11 is 0. The summed E-state index contributed by atoms with van der Waals surface area (Å²) in [6.45, 7) is 8.15. The fraction of sp³-hybridized carbons (Fsp3) is 0.323. The molecule has 1 spiro atoms. The van der Waals surface area contributed by atoms with Crippen molar-refractivity contribution in [3.05, 3.63) is 78.4 Å². The number of methoxy groups -OCH3 is 1. The molecule has 0 bridgehead atoms. The lowest BCUT2D eigenvalue weighted by molar-refractivity contribution is -0.143. The second-order valence-electron chi connectivity index (χ2n) is 11.0. The van der Waals surface area contributed by atoms with E-state index in [-0.39, 0.29) is 23.6 Å². The van der Waals surface area contributed by atoms with Gasteiger partial charge in [-0.1, -0.05) is 44.2 Å². The largest absolute Gasteiger partial charge is 0.507 e. The summed E-state index contributed by atoms with van der Waals surface area (Å²) in [4.78, 5) is 17.2. The predicted molar refractivity (Wildman–Crippen MR) is 150 cm³/mol. The minimum atomic E-state index is -0.250. The average Bonchev–Trinajstić information content (AvgIpc) is 2.87. The van der Waals surface area contributed by atoms with Gasteiger partial charge in [-0.25, -0.2) is 0 Å². The van der Waals surface area contributed by atoms with Crippen LogP contribution < -0.4 is 9.80 Å². The van der Waals surface area contributed by atoms with Gasteiger partial charge in [-0.3, -0.25) is 4.79 Å². The molecule has 6 rings (SSSR count). The average molecular weight is 509 g/mol. The van der Waals surface area contributed by atoms with Crippen molar-refractivity contribution in [3.63, 3.8) is 0 Å². The third kappa shape index (κ3) is 4.22. The van der Waals surface area contributed by atoms with Crippen molar-refractivity contribution in [2.24, 2.45) is 11.3 Å². The number of esters is 1. The lowest BCUT2D eigenvalue weighted by Crippen LogP contribution is -2.72. The minimum absolute atomic E-state index is 0.171. The van der Waals surface area contributed by atoms with Crippen LogP contribution in [-0.2, 0) is 9.53 Å². The first-order valence-electron chi connectivity index (χ1n) is 13.1. The van der Waals surface area contributed by atoms with Crippen LogP contribution in [0.1, 0.15) is 25.3 Å². The SMILES string of the molecule is COC(=O)C(c1cccc(N2CC3(C2)CN(c2ccc4cc(-c5ccccc5O)nnc4c2)C3)c1)C(C)C. The molecular weight excluding hydrogens is 476 g/mol. The van der Waals surface area contributed by atoms with Crippen LogP contribution in [0, 0.1) is 11.3 Å². The lowest BCUT2D eigenvalue weighted by atomic mass is 9.72. The Balaban J connectivity index is 1.12. The van der Waals surface area contributed by atoms with E-state index in [0.29, 0.717) is 16.7 Å². The van der Waals surface area contributed by atoms with E-state index in [4.69, 9.17) is 4.74 Å². The molecule has 0 radical (unpaired) electrons. The highest BCUT2D eigenvalue weighted by Gasteiger charge is 2.52. The molecule has 2 aliphatic heterocycles. The van der Waals surface area contributed by atoms with E-state index in [2.05, 4.69) is 64.2 Å². The molecule has 38 heavy (non-hydrogen) atoms. The van der Waals surface area contributed by atoms with Crippen LogP contribution in [0.4, 0.5) is 11.4 Å². The summed E-state index contributed by atoms with van der Waals surface area (Å²) in [6.07, 6.45) is 0. The van der Waals surface area contributed by atoms with Crippen LogP contribution in [0.15, 0.2) is 72.8 Å². The predicted octanol–water partition coefficient (Wildman–Crippen LogP) is 5.24. The van der Waals surface area contributed by atoms with E-state index in [9.17, 15) is 9.90 Å². The standard InChI is InChI=1S/C31H32N4O3/c1-20(2)29(30(37)38-3)22-7-6-8-23(13-22)34-16-31(17-34)18-35(19-31)24-12-11-21-14-27(33-32-26(21)15-24)25-9-4-5-10-28(25)36/h4-15,20,29,36H,16-19H2,1-3H3. The monoisotopic (exact) mass is 508 g/mol. The molecule has 7 nitrogen and oxygen atoms in total. The Bertz CT molecular complexity index is 1500. The molecular formula is C31H32N4O3. The lowest BCUT2D eigenvalue weighted by Gasteiger charge is -2.61. The van der Waals surface area contributed by atoms with Gasteiger partial charge in [0.05, 0.1) is 24.2 Å². The maximum Gasteiger partial charge on any atom is 0.313 e. The van der Waals surface area contributed by atoms with Gasteiger partial charge in [-0.15, -0.1) is 10.2 Å². The number of hydrogen-bond acceptors (Lipinski definition) is 7. The Morgan fingerprint density at radius 3 is 2.29 bits per heavy atom. The fourth-order valence-corrected chi connectivity index (χ4v) is 5.97. The molecule has 1 atom stereocenters. The van der Waals surface area contributed by atoms with Crippen molar-refractivity contribution in [2.45, 2.75) is 19.8 Å². The molecule has 1 N–H and O–H groups in total. The number of anilines is 2. The molecule has 1 aromatic heterocycles. The molecule has 1 unspecified atom stereocenters. The van der Waals surface area contributed by atoms with Crippen molar-refractivity contribution in [2.75, 3.05) is 43.1 Å². The number of hydrogen-bond donors (Lipinski definition) is 1. The highest BCUT2D eigenvalue weighted by atomic mass is 16.5. The zero-order valence-electron chi connectivity index (χ0n) is 22.0. The molecule has 7 heteroatoms. The van der Waals surface area contributed by atoms with E-state index in [1.807, 2.05) is 30.3 Å². The number of carbonyl (C=O) groups is 1. The van der Waals surface area contributed by atoms with Crippen LogP contribution >= 0.6 is 0 Å². The normalized spacial score (nSPS) is 16.8. The zero-order valence-corrected chi connectivity index (χ0v) is 22.0. The number of ether oxygens (including phenoxy) is 1. The van der Waals surface area contributed by atoms with Crippen LogP contribution in [0.3, 0.4) is 0 Å². The summed E-state index contributed by atoms with van der Waals surface area (Å²) in [6, 6.07) is 23.8. The second kappa shape index (κ2) is 9.31. The van der Waals surface area contributed by atoms with Crippen LogP contribution in [0.25, 0.3) is 22.2 Å². The number of benzene rings is 3. The van der Waals surface area contributed by atoms with Gasteiger partial charge in [-0.2, -0.15) is 0 Å². The van der Waals surface area contributed by atoms with Gasteiger partial charge in [0.1, 0.15) is 5.75 Å². The Morgan fingerprint density at radius 2 is 1.61 bits per heavy atom. The Hall–Kier alpha value is -4.13. The van der Waals surface area contributed by atoms with Crippen LogP contribution in [0.2, 0.25) is 0 Å². The Morgan fingerprint density at radius 1 is 0.895 bits per heavy atom. The summed E-state index contributed by atoms with van der Waals surface area (Å²) in [5.74, 6) is -0.0568. The van der Waals surface area contributed by atoms with Crippen molar-refractivity contribution in [3.8, 4) is 17.0 Å². The van der Waals surface area contributed by atoms with Crippen LogP contribution in [-0.4, -0.2) is 54.6 Å². The first-order chi connectivity index (χ1) is 18.4. The molecule has 3 heterocycles. The Labute approximate surface area is 222 Å². The van der Waals surface area contributed by atoms with Gasteiger partial charge in [-0.05, 0) is 53.9 Å². The number of aromatic hydroxyl groups is 1. The van der Waals surface area contributed by atoms with Gasteiger partial charge >= 0.3 is 5.97 Å². The topological polar surface area (TPSA) is 78.8 Å². The summed E-state index contributed by atoms with van der Waals surface area (Å²) in [5.41, 5.74) is 5.83. The van der Waals surface area contributed by atoms with Crippen molar-refractivity contribution >= 4 is 28.2 Å². The molecule has 0 aliphatic carbocycles. The third-order valence-corrected chi connectivity index (χ3v) is 7.94. The van der Waals surface area contributed by atoms with Crippen LogP contribution in [0.5, 0.6) is 5.75 Å². The first kappa shape index (κ1) is 24.2. The van der Waals surface area contributed by atoms with E-state index < -0.39 is 0 Å². The molecule has 0 amide bonds. The molecule has 2 saturated heterocycles.